The third-order valence-electron chi connectivity index (χ3n) is 10.7. The van der Waals surface area contributed by atoms with Crippen molar-refractivity contribution in [2.75, 3.05) is 71.1 Å². The summed E-state index contributed by atoms with van der Waals surface area (Å²) in [6.45, 7) is 5.91. The number of benzene rings is 2. The number of fused-ring (bicyclic) bond motifs is 2. The Bertz CT molecular complexity index is 2410. The first-order chi connectivity index (χ1) is 29.1. The van der Waals surface area contributed by atoms with Crippen LogP contribution in [-0.4, -0.2) is 117 Å². The Balaban J connectivity index is 0.000000184. The Kier molecular flexibility index (Phi) is 12.9. The number of methoxy groups -OCH3 is 1. The van der Waals surface area contributed by atoms with Gasteiger partial charge in [0.2, 0.25) is 0 Å². The van der Waals surface area contributed by atoms with Crippen LogP contribution in [0.15, 0.2) is 73.1 Å². The van der Waals surface area contributed by atoms with Gasteiger partial charge in [-0.1, -0.05) is 0 Å². The average molecular weight is 857 g/mol. The first-order valence-electron chi connectivity index (χ1n) is 19.7. The maximum atomic E-state index is 12.7. The van der Waals surface area contributed by atoms with Gasteiger partial charge < -0.3 is 39.8 Å². The number of aromatic hydroxyl groups is 1. The molecule has 0 atom stereocenters. The summed E-state index contributed by atoms with van der Waals surface area (Å²) in [5.41, 5.74) is 2.49. The predicted octanol–water partition coefficient (Wildman–Crippen LogP) is 7.81. The number of aromatic nitrogens is 6. The highest BCUT2D eigenvalue weighted by Gasteiger charge is 2.32. The molecule has 4 aromatic heterocycles. The molecule has 3 N–H and O–H groups in total. The zero-order chi connectivity index (χ0) is 43.3. The van der Waals surface area contributed by atoms with Crippen molar-refractivity contribution >= 4 is 22.9 Å². The molecule has 2 fully saturated rings. The van der Waals surface area contributed by atoms with E-state index in [-0.39, 0.29) is 17.1 Å². The van der Waals surface area contributed by atoms with Crippen molar-refractivity contribution in [2.24, 2.45) is 11.8 Å². The Labute approximate surface area is 347 Å². The molecule has 0 amide bonds. The smallest absolute Gasteiger partial charge is 0.507 e. The van der Waals surface area contributed by atoms with Gasteiger partial charge in [-0.25, -0.2) is 19.0 Å². The second-order valence-electron chi connectivity index (χ2n) is 15.2. The van der Waals surface area contributed by atoms with E-state index in [1.54, 1.807) is 16.8 Å². The van der Waals surface area contributed by atoms with Crippen molar-refractivity contribution in [3.05, 3.63) is 73.1 Å². The number of halogens is 6. The fourth-order valence-corrected chi connectivity index (χ4v) is 7.33. The number of hydrogen-bond donors (Lipinski definition) is 3. The molecular weight excluding hydrogens is 811 g/mol. The van der Waals surface area contributed by atoms with Crippen LogP contribution in [0, 0.1) is 11.8 Å². The minimum atomic E-state index is -4.82. The molecule has 0 spiro atoms. The molecule has 0 aliphatic carbocycles. The van der Waals surface area contributed by atoms with Gasteiger partial charge in [0.05, 0.1) is 30.9 Å². The molecule has 326 valence electrons. The molecule has 6 aromatic rings. The number of piperidine rings is 2. The molecule has 20 heteroatoms. The lowest BCUT2D eigenvalue weighted by Crippen LogP contribution is -2.33. The summed E-state index contributed by atoms with van der Waals surface area (Å²) in [6, 6.07) is 14.5. The van der Waals surface area contributed by atoms with Crippen LogP contribution in [0.3, 0.4) is 0 Å². The molecule has 61 heavy (non-hydrogen) atoms. The average Bonchev–Trinajstić information content (AvgIpc) is 3.84. The monoisotopic (exact) mass is 856 g/mol. The lowest BCUT2D eigenvalue weighted by molar-refractivity contribution is -0.275. The highest BCUT2D eigenvalue weighted by molar-refractivity contribution is 5.72. The highest BCUT2D eigenvalue weighted by atomic mass is 19.4. The van der Waals surface area contributed by atoms with Gasteiger partial charge >= 0.3 is 12.7 Å². The summed E-state index contributed by atoms with van der Waals surface area (Å²) >= 11 is 0. The van der Waals surface area contributed by atoms with E-state index in [0.29, 0.717) is 57.5 Å². The molecule has 0 bridgehead atoms. The number of nitrogens with zero attached hydrogens (tertiary/aromatic N) is 8. The number of alkyl halides is 6. The molecule has 2 aliphatic rings. The zero-order valence-corrected chi connectivity index (χ0v) is 33.7. The predicted molar refractivity (Wildman–Crippen MR) is 216 cm³/mol. The van der Waals surface area contributed by atoms with Gasteiger partial charge in [0.15, 0.2) is 11.3 Å². The van der Waals surface area contributed by atoms with E-state index in [1.807, 2.05) is 18.2 Å². The molecule has 0 saturated carbocycles. The number of rotatable bonds is 11. The third-order valence-corrected chi connectivity index (χ3v) is 10.7. The number of hydrogen-bond acceptors (Lipinski definition) is 12. The molecule has 2 saturated heterocycles. The quantitative estimate of drug-likeness (QED) is 0.110. The van der Waals surface area contributed by atoms with Gasteiger partial charge in [-0.2, -0.15) is 0 Å². The van der Waals surface area contributed by atoms with Crippen molar-refractivity contribution in [2.45, 2.75) is 38.4 Å². The summed E-state index contributed by atoms with van der Waals surface area (Å²) < 4.78 is 92.1. The van der Waals surface area contributed by atoms with Crippen molar-refractivity contribution < 1.29 is 45.7 Å². The summed E-state index contributed by atoms with van der Waals surface area (Å²) in [7, 11) is 5.70. The molecule has 0 unspecified atom stereocenters. The van der Waals surface area contributed by atoms with Crippen molar-refractivity contribution in [1.82, 2.24) is 39.0 Å². The Morgan fingerprint density at radius 3 is 1.54 bits per heavy atom. The first-order valence-corrected chi connectivity index (χ1v) is 19.7. The van der Waals surface area contributed by atoms with Gasteiger partial charge in [-0.3, -0.25) is 0 Å². The first kappa shape index (κ1) is 43.1. The van der Waals surface area contributed by atoms with Crippen LogP contribution in [0.5, 0.6) is 23.0 Å². The third kappa shape index (κ3) is 11.2. The van der Waals surface area contributed by atoms with Crippen LogP contribution in [0.2, 0.25) is 0 Å². The van der Waals surface area contributed by atoms with Crippen LogP contribution in [0.25, 0.3) is 33.8 Å². The van der Waals surface area contributed by atoms with E-state index in [2.05, 4.69) is 64.2 Å². The summed E-state index contributed by atoms with van der Waals surface area (Å²) in [5.74, 6) is 1.86. The van der Waals surface area contributed by atoms with Crippen LogP contribution < -0.4 is 24.8 Å². The van der Waals surface area contributed by atoms with Crippen molar-refractivity contribution in [1.29, 1.82) is 0 Å². The molecule has 2 aromatic carbocycles. The molecule has 0 radical (unpaired) electrons. The van der Waals surface area contributed by atoms with Crippen LogP contribution >= 0.6 is 0 Å². The lowest BCUT2D eigenvalue weighted by atomic mass is 9.97. The molecule has 14 nitrogen and oxygen atoms in total. The van der Waals surface area contributed by atoms with E-state index in [9.17, 15) is 31.4 Å². The topological polar surface area (TPSA) is 139 Å². The number of likely N-dealkylation sites (tertiary alicyclic amines) is 2. The second kappa shape index (κ2) is 18.3. The van der Waals surface area contributed by atoms with Gasteiger partial charge in [-0.05, 0) is 138 Å². The second-order valence-corrected chi connectivity index (χ2v) is 15.2. The van der Waals surface area contributed by atoms with Gasteiger partial charge in [0.25, 0.3) is 0 Å². The van der Waals surface area contributed by atoms with E-state index < -0.39 is 18.5 Å². The van der Waals surface area contributed by atoms with E-state index in [4.69, 9.17) is 4.74 Å². The van der Waals surface area contributed by atoms with E-state index in [0.717, 1.165) is 83.2 Å². The number of imidazole rings is 2. The maximum Gasteiger partial charge on any atom is 0.573 e. The molecular formula is C41H46F6N10O4. The zero-order valence-electron chi connectivity index (χ0n) is 33.7. The lowest BCUT2D eigenvalue weighted by Gasteiger charge is -2.29. The van der Waals surface area contributed by atoms with E-state index in [1.165, 1.54) is 36.0 Å². The molecule has 6 heterocycles. The molecule has 2 aliphatic heterocycles. The van der Waals surface area contributed by atoms with Gasteiger partial charge in [-0.15, -0.1) is 36.5 Å². The number of ether oxygens (including phenoxy) is 3. The summed E-state index contributed by atoms with van der Waals surface area (Å²) in [4.78, 5) is 13.2. The highest BCUT2D eigenvalue weighted by Crippen LogP contribution is 2.37. The largest absolute Gasteiger partial charge is 0.573 e. The normalized spacial score (nSPS) is 16.0. The number of phenolic OH excluding ortho intramolecular Hbond substituents is 1. The number of phenols is 1. The summed E-state index contributed by atoms with van der Waals surface area (Å²) in [5, 5.41) is 26.0. The van der Waals surface area contributed by atoms with Gasteiger partial charge in [0, 0.05) is 24.2 Å². The number of nitrogens with one attached hydrogen (secondary N) is 2. The fraction of sp³-hybridized carbons (Fsp3) is 0.415. The Hall–Kier alpha value is -6.02. The van der Waals surface area contributed by atoms with Crippen molar-refractivity contribution in [3.63, 3.8) is 0 Å². The van der Waals surface area contributed by atoms with Crippen LogP contribution in [0.1, 0.15) is 25.7 Å². The Morgan fingerprint density at radius 1 is 0.639 bits per heavy atom. The summed E-state index contributed by atoms with van der Waals surface area (Å²) in [6.07, 6.45) is -2.11. The molecule has 8 rings (SSSR count). The minimum Gasteiger partial charge on any atom is -0.507 e. The fourth-order valence-electron chi connectivity index (χ4n) is 7.33. The van der Waals surface area contributed by atoms with E-state index >= 15 is 0 Å². The number of anilines is 2. The standard InChI is InChI=1S/C21H24F3N5O2.C20H22F3N5O2/c1-28-9-7-14(8-10-28)12-25-19-5-6-20-26-13-17(29(20)27-19)16-11-15(31-21(22,23)24)3-4-18(16)30-2;1-27-8-6-13(7-9-27)11-24-18-4-5-19-25-12-16(28(19)26-18)15-10-14(2-3-17(15)29)30-20(21,22)23/h3-6,11,13-14H,7-10,12H2,1-2H3,(H,25,27);2-5,10,12-13,29H,6-9,11H2,1H3,(H,24,26). The van der Waals surface area contributed by atoms with Gasteiger partial charge in [0.1, 0.15) is 34.6 Å². The maximum absolute atomic E-state index is 12.7. The van der Waals surface area contributed by atoms with Crippen LogP contribution in [0.4, 0.5) is 38.0 Å². The Morgan fingerprint density at radius 2 is 1.08 bits per heavy atom. The van der Waals surface area contributed by atoms with Crippen molar-refractivity contribution in [3.8, 4) is 45.5 Å². The van der Waals surface area contributed by atoms with Crippen LogP contribution in [-0.2, 0) is 0 Å². The SMILES string of the molecule is CN1CCC(CNc2ccc3ncc(-c4cc(OC(F)(F)F)ccc4O)n3n2)CC1.COc1ccc(OC(F)(F)F)cc1-c1cnc2ccc(NCC3CCN(C)CC3)nn12. The minimum absolute atomic E-state index is 0.143.